The number of piperidine rings is 1. The summed E-state index contributed by atoms with van der Waals surface area (Å²) in [4.78, 5) is 14.0. The first-order valence-electron chi connectivity index (χ1n) is 6.26. The molecule has 2 atom stereocenters. The highest BCUT2D eigenvalue weighted by molar-refractivity contribution is 7.99. The van der Waals surface area contributed by atoms with Crippen molar-refractivity contribution in [1.29, 1.82) is 0 Å². The predicted molar refractivity (Wildman–Crippen MR) is 77.8 cm³/mol. The zero-order chi connectivity index (χ0) is 12.0. The van der Waals surface area contributed by atoms with E-state index in [2.05, 4.69) is 13.8 Å². The summed E-state index contributed by atoms with van der Waals surface area (Å²) in [5.41, 5.74) is 5.75. The van der Waals surface area contributed by atoms with Gasteiger partial charge in [0.15, 0.2) is 0 Å². The average molecular weight is 281 g/mol. The topological polar surface area (TPSA) is 46.3 Å². The summed E-state index contributed by atoms with van der Waals surface area (Å²) < 4.78 is 0. The number of hydrogen-bond donors (Lipinski definition) is 1. The van der Waals surface area contributed by atoms with Crippen LogP contribution in [0.2, 0.25) is 0 Å². The predicted octanol–water partition coefficient (Wildman–Crippen LogP) is 2.14. The Hall–Kier alpha value is 0.0700. The molecule has 1 heterocycles. The van der Waals surface area contributed by atoms with Crippen molar-refractivity contribution in [2.75, 3.05) is 24.6 Å². The number of amides is 1. The summed E-state index contributed by atoms with van der Waals surface area (Å²) in [5, 5.41) is 0. The fourth-order valence-corrected chi connectivity index (χ4v) is 2.96. The molecule has 0 aromatic rings. The minimum absolute atomic E-state index is 0. The van der Waals surface area contributed by atoms with Crippen LogP contribution in [-0.4, -0.2) is 41.4 Å². The van der Waals surface area contributed by atoms with E-state index in [1.165, 1.54) is 0 Å². The van der Waals surface area contributed by atoms with Crippen molar-refractivity contribution in [2.24, 2.45) is 11.7 Å². The lowest BCUT2D eigenvalue weighted by Crippen LogP contribution is -2.49. The molecule has 0 aromatic heterocycles. The molecule has 0 aliphatic carbocycles. The monoisotopic (exact) mass is 280 g/mol. The van der Waals surface area contributed by atoms with E-state index in [4.69, 9.17) is 5.73 Å². The van der Waals surface area contributed by atoms with Crippen LogP contribution in [-0.2, 0) is 4.79 Å². The van der Waals surface area contributed by atoms with E-state index in [0.717, 1.165) is 31.6 Å². The van der Waals surface area contributed by atoms with Crippen LogP contribution in [0.15, 0.2) is 0 Å². The number of likely N-dealkylation sites (tertiary alicyclic amines) is 1. The number of nitrogens with zero attached hydrogens (tertiary/aromatic N) is 1. The maximum absolute atomic E-state index is 12.0. The third-order valence-corrected chi connectivity index (χ3v) is 4.29. The lowest BCUT2D eigenvalue weighted by atomic mass is 9.92. The summed E-state index contributed by atoms with van der Waals surface area (Å²) in [6, 6.07) is 0.276. The van der Waals surface area contributed by atoms with Gasteiger partial charge in [-0.25, -0.2) is 0 Å². The molecule has 1 aliphatic heterocycles. The normalized spacial score (nSPS) is 24.3. The molecule has 0 aromatic carbocycles. The lowest BCUT2D eigenvalue weighted by Gasteiger charge is -2.38. The van der Waals surface area contributed by atoms with Gasteiger partial charge in [0.2, 0.25) is 5.91 Å². The van der Waals surface area contributed by atoms with Gasteiger partial charge in [-0.1, -0.05) is 13.8 Å². The summed E-state index contributed by atoms with van der Waals surface area (Å²) in [6.45, 7) is 5.89. The standard InChI is InChI=1S/C12H24N2OS.ClH/c1-3-6-16-9-12(15)14-5-4-10(2)7-11(14)8-13;/h10-11H,3-9,13H2,1-2H3;1H. The molecule has 102 valence electrons. The van der Waals surface area contributed by atoms with Gasteiger partial charge in [0.05, 0.1) is 5.75 Å². The Morgan fingerprint density at radius 2 is 2.24 bits per heavy atom. The third-order valence-electron chi connectivity index (χ3n) is 3.14. The average Bonchev–Trinajstić information content (AvgIpc) is 2.29. The first kappa shape index (κ1) is 17.1. The zero-order valence-corrected chi connectivity index (χ0v) is 12.5. The van der Waals surface area contributed by atoms with Crippen molar-refractivity contribution in [3.05, 3.63) is 0 Å². The van der Waals surface area contributed by atoms with Crippen LogP contribution in [0.4, 0.5) is 0 Å². The van der Waals surface area contributed by atoms with Crippen molar-refractivity contribution in [3.63, 3.8) is 0 Å². The molecule has 1 amide bonds. The number of rotatable bonds is 5. The molecule has 1 saturated heterocycles. The van der Waals surface area contributed by atoms with Gasteiger partial charge >= 0.3 is 0 Å². The Labute approximate surface area is 115 Å². The maximum atomic E-state index is 12.0. The van der Waals surface area contributed by atoms with Gasteiger partial charge in [-0.3, -0.25) is 4.79 Å². The van der Waals surface area contributed by atoms with Crippen LogP contribution >= 0.6 is 24.2 Å². The molecule has 1 fully saturated rings. The van der Waals surface area contributed by atoms with E-state index < -0.39 is 0 Å². The van der Waals surface area contributed by atoms with Crippen molar-refractivity contribution in [3.8, 4) is 0 Å². The number of thioether (sulfide) groups is 1. The zero-order valence-electron chi connectivity index (χ0n) is 10.9. The third kappa shape index (κ3) is 5.49. The first-order chi connectivity index (χ1) is 7.69. The highest BCUT2D eigenvalue weighted by Gasteiger charge is 2.28. The van der Waals surface area contributed by atoms with Crippen LogP contribution in [0.3, 0.4) is 0 Å². The Bertz CT molecular complexity index is 229. The molecule has 2 N–H and O–H groups in total. The second-order valence-electron chi connectivity index (χ2n) is 4.66. The van der Waals surface area contributed by atoms with Crippen LogP contribution in [0.5, 0.6) is 0 Å². The molecule has 5 heteroatoms. The van der Waals surface area contributed by atoms with Crippen LogP contribution in [0.1, 0.15) is 33.1 Å². The first-order valence-corrected chi connectivity index (χ1v) is 7.41. The van der Waals surface area contributed by atoms with Crippen molar-refractivity contribution in [2.45, 2.75) is 39.2 Å². The van der Waals surface area contributed by atoms with Gasteiger partial charge in [0, 0.05) is 19.1 Å². The number of halogens is 1. The Balaban J connectivity index is 0.00000256. The summed E-state index contributed by atoms with van der Waals surface area (Å²) in [7, 11) is 0. The van der Waals surface area contributed by atoms with Gasteiger partial charge in [-0.2, -0.15) is 11.8 Å². The molecule has 2 unspecified atom stereocenters. The quantitative estimate of drug-likeness (QED) is 0.785. The Morgan fingerprint density at radius 1 is 1.53 bits per heavy atom. The van der Waals surface area contributed by atoms with E-state index in [1.54, 1.807) is 11.8 Å². The van der Waals surface area contributed by atoms with E-state index in [9.17, 15) is 4.79 Å². The molecule has 3 nitrogen and oxygen atoms in total. The molecule has 0 saturated carbocycles. The molecule has 1 rings (SSSR count). The van der Waals surface area contributed by atoms with Gasteiger partial charge in [0.1, 0.15) is 0 Å². The van der Waals surface area contributed by atoms with E-state index >= 15 is 0 Å². The van der Waals surface area contributed by atoms with E-state index in [1.807, 2.05) is 4.90 Å². The highest BCUT2D eigenvalue weighted by atomic mass is 35.5. The lowest BCUT2D eigenvalue weighted by molar-refractivity contribution is -0.132. The van der Waals surface area contributed by atoms with Crippen molar-refractivity contribution >= 4 is 30.1 Å². The minimum Gasteiger partial charge on any atom is -0.338 e. The highest BCUT2D eigenvalue weighted by Crippen LogP contribution is 2.22. The van der Waals surface area contributed by atoms with E-state index in [0.29, 0.717) is 18.2 Å². The van der Waals surface area contributed by atoms with Gasteiger partial charge in [-0.05, 0) is 30.9 Å². The van der Waals surface area contributed by atoms with Gasteiger partial charge in [0.25, 0.3) is 0 Å². The van der Waals surface area contributed by atoms with Gasteiger partial charge in [-0.15, -0.1) is 12.4 Å². The summed E-state index contributed by atoms with van der Waals surface area (Å²) in [5.74, 6) is 2.68. The molecule has 1 aliphatic rings. The van der Waals surface area contributed by atoms with Gasteiger partial charge < -0.3 is 10.6 Å². The molecule has 17 heavy (non-hydrogen) atoms. The van der Waals surface area contributed by atoms with Crippen LogP contribution < -0.4 is 5.73 Å². The molecule has 0 bridgehead atoms. The van der Waals surface area contributed by atoms with Crippen LogP contribution in [0.25, 0.3) is 0 Å². The molecular weight excluding hydrogens is 256 g/mol. The largest absolute Gasteiger partial charge is 0.338 e. The number of carbonyl (C=O) groups is 1. The second kappa shape index (κ2) is 9.06. The van der Waals surface area contributed by atoms with Crippen molar-refractivity contribution < 1.29 is 4.79 Å². The molecule has 0 radical (unpaired) electrons. The fourth-order valence-electron chi connectivity index (χ4n) is 2.19. The molecular formula is C12H25ClN2OS. The number of hydrogen-bond acceptors (Lipinski definition) is 3. The second-order valence-corrected chi connectivity index (χ2v) is 5.76. The smallest absolute Gasteiger partial charge is 0.232 e. The number of nitrogens with two attached hydrogens (primary N) is 1. The fraction of sp³-hybridized carbons (Fsp3) is 0.917. The summed E-state index contributed by atoms with van der Waals surface area (Å²) in [6.07, 6.45) is 3.33. The Kier molecular flexibility index (Phi) is 9.10. The number of carbonyl (C=O) groups excluding carboxylic acids is 1. The Morgan fingerprint density at radius 3 is 2.82 bits per heavy atom. The van der Waals surface area contributed by atoms with E-state index in [-0.39, 0.29) is 24.4 Å². The maximum Gasteiger partial charge on any atom is 0.232 e. The molecule has 0 spiro atoms. The summed E-state index contributed by atoms with van der Waals surface area (Å²) >= 11 is 1.74. The minimum atomic E-state index is 0. The van der Waals surface area contributed by atoms with Crippen LogP contribution in [0, 0.1) is 5.92 Å². The SMILES string of the molecule is CCCSCC(=O)N1CCC(C)CC1CN.Cl. The van der Waals surface area contributed by atoms with Crippen molar-refractivity contribution in [1.82, 2.24) is 4.90 Å².